The summed E-state index contributed by atoms with van der Waals surface area (Å²) in [6.07, 6.45) is 0. The van der Waals surface area contributed by atoms with Crippen molar-refractivity contribution in [3.8, 4) is 5.75 Å². The minimum Gasteiger partial charge on any atom is -0.508 e. The third-order valence-electron chi connectivity index (χ3n) is 2.72. The van der Waals surface area contributed by atoms with Crippen LogP contribution in [0.25, 0.3) is 10.9 Å². The fourth-order valence-corrected chi connectivity index (χ4v) is 1.66. The topological polar surface area (TPSA) is 36.0 Å². The molecule has 2 rings (SSSR count). The maximum absolute atomic E-state index is 9.50. The molecule has 2 aromatic rings. The number of fused-ring (bicyclic) bond motifs is 1. The number of aromatic amines is 1. The highest BCUT2D eigenvalue weighted by molar-refractivity contribution is 5.88. The number of nitrogens with one attached hydrogen (secondary N) is 1. The number of H-pyrrole nitrogens is 1. The third kappa shape index (κ3) is 1.02. The summed E-state index contributed by atoms with van der Waals surface area (Å²) in [6, 6.07) is 3.70. The number of phenols is 1. The number of phenolic OH excluding ortho intramolecular Hbond substituents is 1. The Morgan fingerprint density at radius 1 is 1.08 bits per heavy atom. The van der Waals surface area contributed by atoms with Gasteiger partial charge in [-0.25, -0.2) is 0 Å². The normalized spacial score (nSPS) is 11.0. The fraction of sp³-hybridized carbons (Fsp3) is 0.273. The molecular formula is C11H13NO. The first-order chi connectivity index (χ1) is 6.11. The molecule has 0 aliphatic carbocycles. The van der Waals surface area contributed by atoms with Gasteiger partial charge in [0.15, 0.2) is 0 Å². The van der Waals surface area contributed by atoms with Crippen molar-refractivity contribution in [2.45, 2.75) is 20.8 Å². The Bertz CT molecular complexity index is 468. The Kier molecular flexibility index (Phi) is 1.59. The van der Waals surface area contributed by atoms with Gasteiger partial charge in [0, 0.05) is 16.6 Å². The van der Waals surface area contributed by atoms with E-state index in [4.69, 9.17) is 0 Å². The van der Waals surface area contributed by atoms with Crippen molar-refractivity contribution in [3.63, 3.8) is 0 Å². The van der Waals surface area contributed by atoms with Crippen LogP contribution in [0.15, 0.2) is 12.1 Å². The average Bonchev–Trinajstić information content (AvgIpc) is 2.38. The maximum atomic E-state index is 9.50. The average molecular weight is 175 g/mol. The van der Waals surface area contributed by atoms with E-state index in [1.807, 2.05) is 19.9 Å². The molecule has 0 bridgehead atoms. The first-order valence-corrected chi connectivity index (χ1v) is 4.38. The van der Waals surface area contributed by atoms with Crippen molar-refractivity contribution in [2.24, 2.45) is 0 Å². The lowest BCUT2D eigenvalue weighted by Gasteiger charge is -1.99. The van der Waals surface area contributed by atoms with Crippen LogP contribution in [0.5, 0.6) is 5.75 Å². The number of hydrogen-bond donors (Lipinski definition) is 2. The van der Waals surface area contributed by atoms with Gasteiger partial charge < -0.3 is 10.1 Å². The van der Waals surface area contributed by atoms with Gasteiger partial charge in [0.2, 0.25) is 0 Å². The zero-order valence-electron chi connectivity index (χ0n) is 8.10. The largest absolute Gasteiger partial charge is 0.508 e. The van der Waals surface area contributed by atoms with Gasteiger partial charge in [-0.15, -0.1) is 0 Å². The number of benzene rings is 1. The predicted octanol–water partition coefficient (Wildman–Crippen LogP) is 2.80. The highest BCUT2D eigenvalue weighted by Crippen LogP contribution is 2.28. The summed E-state index contributed by atoms with van der Waals surface area (Å²) in [5.74, 6) is 0.355. The molecule has 2 heteroatoms. The molecule has 0 radical (unpaired) electrons. The molecule has 1 aromatic carbocycles. The van der Waals surface area contributed by atoms with Gasteiger partial charge in [-0.05, 0) is 38.5 Å². The molecule has 0 aliphatic heterocycles. The Hall–Kier alpha value is -1.44. The summed E-state index contributed by atoms with van der Waals surface area (Å²) >= 11 is 0. The Labute approximate surface area is 77.2 Å². The first kappa shape index (κ1) is 8.17. The van der Waals surface area contributed by atoms with Crippen molar-refractivity contribution in [2.75, 3.05) is 0 Å². The molecule has 0 aliphatic rings. The molecule has 0 saturated heterocycles. The van der Waals surface area contributed by atoms with Crippen LogP contribution in [-0.4, -0.2) is 10.1 Å². The second-order valence-electron chi connectivity index (χ2n) is 3.51. The minimum atomic E-state index is 0.355. The predicted molar refractivity (Wildman–Crippen MR) is 54.2 cm³/mol. The Balaban J connectivity index is 2.94. The first-order valence-electron chi connectivity index (χ1n) is 4.38. The van der Waals surface area contributed by atoms with Gasteiger partial charge in [-0.1, -0.05) is 0 Å². The molecule has 0 fully saturated rings. The second kappa shape index (κ2) is 2.52. The van der Waals surface area contributed by atoms with Crippen LogP contribution >= 0.6 is 0 Å². The van der Waals surface area contributed by atoms with Crippen LogP contribution in [-0.2, 0) is 0 Å². The van der Waals surface area contributed by atoms with E-state index in [2.05, 4.69) is 11.9 Å². The summed E-state index contributed by atoms with van der Waals surface area (Å²) in [7, 11) is 0. The summed E-state index contributed by atoms with van der Waals surface area (Å²) in [4.78, 5) is 3.28. The van der Waals surface area contributed by atoms with Crippen LogP contribution in [0.3, 0.4) is 0 Å². The Morgan fingerprint density at radius 3 is 2.46 bits per heavy atom. The maximum Gasteiger partial charge on any atom is 0.120 e. The number of aromatic hydroxyl groups is 1. The van der Waals surface area contributed by atoms with E-state index in [-0.39, 0.29) is 0 Å². The lowest BCUT2D eigenvalue weighted by Crippen LogP contribution is -1.77. The van der Waals surface area contributed by atoms with E-state index >= 15 is 0 Å². The van der Waals surface area contributed by atoms with Crippen molar-refractivity contribution in [3.05, 3.63) is 29.0 Å². The second-order valence-corrected chi connectivity index (χ2v) is 3.51. The Morgan fingerprint density at radius 2 is 1.77 bits per heavy atom. The van der Waals surface area contributed by atoms with Crippen molar-refractivity contribution in [1.29, 1.82) is 0 Å². The smallest absolute Gasteiger partial charge is 0.120 e. The molecule has 68 valence electrons. The molecule has 1 aromatic heterocycles. The number of rotatable bonds is 0. The molecule has 2 N–H and O–H groups in total. The SMILES string of the molecule is Cc1[nH]c2c(C)c(O)ccc2c1C. The molecule has 1 heterocycles. The number of aromatic nitrogens is 1. The van der Waals surface area contributed by atoms with Crippen LogP contribution in [0, 0.1) is 20.8 Å². The zero-order chi connectivity index (χ0) is 9.59. The molecule has 0 saturated carbocycles. The van der Waals surface area contributed by atoms with Gasteiger partial charge in [-0.2, -0.15) is 0 Å². The molecule has 0 unspecified atom stereocenters. The van der Waals surface area contributed by atoms with Gasteiger partial charge in [0.05, 0.1) is 5.52 Å². The standard InChI is InChI=1S/C11H13NO/c1-6-8(3)12-11-7(2)10(13)5-4-9(6)11/h4-5,12-13H,1-3H3. The fourth-order valence-electron chi connectivity index (χ4n) is 1.66. The summed E-state index contributed by atoms with van der Waals surface area (Å²) in [5.41, 5.74) is 4.41. The van der Waals surface area contributed by atoms with Crippen LogP contribution in [0.4, 0.5) is 0 Å². The van der Waals surface area contributed by atoms with Crippen LogP contribution in [0.2, 0.25) is 0 Å². The van der Waals surface area contributed by atoms with E-state index in [9.17, 15) is 5.11 Å². The molecular weight excluding hydrogens is 162 g/mol. The van der Waals surface area contributed by atoms with Gasteiger partial charge in [0.25, 0.3) is 0 Å². The van der Waals surface area contributed by atoms with Crippen LogP contribution in [0.1, 0.15) is 16.8 Å². The van der Waals surface area contributed by atoms with E-state index in [1.165, 1.54) is 16.6 Å². The van der Waals surface area contributed by atoms with Gasteiger partial charge >= 0.3 is 0 Å². The number of aryl methyl sites for hydroxylation is 3. The molecule has 0 amide bonds. The lowest BCUT2D eigenvalue weighted by atomic mass is 10.1. The molecule has 13 heavy (non-hydrogen) atoms. The van der Waals surface area contributed by atoms with Crippen LogP contribution < -0.4 is 0 Å². The lowest BCUT2D eigenvalue weighted by molar-refractivity contribution is 0.472. The third-order valence-corrected chi connectivity index (χ3v) is 2.72. The minimum absolute atomic E-state index is 0.355. The number of hydrogen-bond acceptors (Lipinski definition) is 1. The van der Waals surface area contributed by atoms with Crippen molar-refractivity contribution >= 4 is 10.9 Å². The van der Waals surface area contributed by atoms with Gasteiger partial charge in [-0.3, -0.25) is 0 Å². The van der Waals surface area contributed by atoms with E-state index in [0.29, 0.717) is 5.75 Å². The van der Waals surface area contributed by atoms with Crippen molar-refractivity contribution < 1.29 is 5.11 Å². The highest BCUT2D eigenvalue weighted by atomic mass is 16.3. The highest BCUT2D eigenvalue weighted by Gasteiger charge is 2.07. The van der Waals surface area contributed by atoms with E-state index in [0.717, 1.165) is 11.1 Å². The summed E-state index contributed by atoms with van der Waals surface area (Å²) in [6.45, 7) is 6.06. The van der Waals surface area contributed by atoms with Gasteiger partial charge in [0.1, 0.15) is 5.75 Å². The van der Waals surface area contributed by atoms with E-state index < -0.39 is 0 Å². The molecule has 2 nitrogen and oxygen atoms in total. The summed E-state index contributed by atoms with van der Waals surface area (Å²) in [5, 5.41) is 10.7. The molecule has 0 spiro atoms. The van der Waals surface area contributed by atoms with Crippen molar-refractivity contribution in [1.82, 2.24) is 4.98 Å². The zero-order valence-corrected chi connectivity index (χ0v) is 8.10. The monoisotopic (exact) mass is 175 g/mol. The quantitative estimate of drug-likeness (QED) is 0.634. The van der Waals surface area contributed by atoms with E-state index in [1.54, 1.807) is 6.07 Å². The summed E-state index contributed by atoms with van der Waals surface area (Å²) < 4.78 is 0. The molecule has 0 atom stereocenters.